The van der Waals surface area contributed by atoms with Gasteiger partial charge in [-0.25, -0.2) is 4.98 Å². The second-order valence-electron chi connectivity index (χ2n) is 3.42. The number of ether oxygens (including phenoxy) is 1. The standard InChI is InChI=1S/C8H11ClN5O4P/c9-6-5-7(13-8(10)12-6)14(3-11-5)1-2-17-4-18-19(15)16/h3,19H,1-2,4H2,(H,15,16)(H2,10,12,13). The van der Waals surface area contributed by atoms with Crippen LogP contribution in [0, 0.1) is 0 Å². The lowest BCUT2D eigenvalue weighted by molar-refractivity contribution is 0.0106. The minimum absolute atomic E-state index is 0.0578. The average Bonchev–Trinajstić information content (AvgIpc) is 2.72. The average molecular weight is 308 g/mol. The molecule has 11 heteroatoms. The van der Waals surface area contributed by atoms with Crippen LogP contribution in [0.15, 0.2) is 6.33 Å². The van der Waals surface area contributed by atoms with Crippen molar-refractivity contribution in [1.29, 1.82) is 0 Å². The Bertz CT molecular complexity index is 606. The molecule has 0 fully saturated rings. The van der Waals surface area contributed by atoms with E-state index in [9.17, 15) is 4.57 Å². The summed E-state index contributed by atoms with van der Waals surface area (Å²) in [6, 6.07) is 0. The van der Waals surface area contributed by atoms with Gasteiger partial charge in [-0.3, -0.25) is 9.09 Å². The molecule has 0 spiro atoms. The van der Waals surface area contributed by atoms with Crippen LogP contribution in [-0.2, 0) is 20.4 Å². The molecular formula is C8H11ClN5O4P. The molecule has 3 N–H and O–H groups in total. The Labute approximate surface area is 113 Å². The summed E-state index contributed by atoms with van der Waals surface area (Å²) in [6.45, 7) is 0.417. The Morgan fingerprint density at radius 3 is 3.05 bits per heavy atom. The summed E-state index contributed by atoms with van der Waals surface area (Å²) < 4.78 is 21.3. The van der Waals surface area contributed by atoms with Gasteiger partial charge in [0, 0.05) is 6.54 Å². The van der Waals surface area contributed by atoms with Crippen molar-refractivity contribution in [2.24, 2.45) is 0 Å². The van der Waals surface area contributed by atoms with E-state index in [-0.39, 0.29) is 24.5 Å². The summed E-state index contributed by atoms with van der Waals surface area (Å²) in [5, 5.41) is 0.185. The van der Waals surface area contributed by atoms with Gasteiger partial charge < -0.3 is 19.9 Å². The van der Waals surface area contributed by atoms with Gasteiger partial charge in [-0.2, -0.15) is 9.97 Å². The van der Waals surface area contributed by atoms with Crippen molar-refractivity contribution in [1.82, 2.24) is 19.5 Å². The number of halogens is 1. The number of rotatable bonds is 6. The van der Waals surface area contributed by atoms with Crippen LogP contribution in [0.3, 0.4) is 0 Å². The van der Waals surface area contributed by atoms with E-state index in [0.717, 1.165) is 0 Å². The fourth-order valence-electron chi connectivity index (χ4n) is 1.40. The Kier molecular flexibility index (Phi) is 4.67. The first-order valence-corrected chi connectivity index (χ1v) is 6.79. The molecule has 0 amide bonds. The second-order valence-corrected chi connectivity index (χ2v) is 4.60. The Balaban J connectivity index is 1.99. The van der Waals surface area contributed by atoms with Gasteiger partial charge >= 0.3 is 8.25 Å². The molecule has 0 saturated heterocycles. The van der Waals surface area contributed by atoms with Crippen LogP contribution >= 0.6 is 19.9 Å². The maximum atomic E-state index is 10.3. The molecule has 19 heavy (non-hydrogen) atoms. The lowest BCUT2D eigenvalue weighted by Gasteiger charge is -2.05. The van der Waals surface area contributed by atoms with Crippen molar-refractivity contribution in [2.75, 3.05) is 19.1 Å². The van der Waals surface area contributed by atoms with Crippen molar-refractivity contribution in [2.45, 2.75) is 6.54 Å². The van der Waals surface area contributed by atoms with Crippen molar-refractivity contribution < 1.29 is 18.7 Å². The van der Waals surface area contributed by atoms with Crippen molar-refractivity contribution >= 4 is 37.0 Å². The van der Waals surface area contributed by atoms with E-state index in [1.165, 1.54) is 6.33 Å². The molecule has 2 heterocycles. The van der Waals surface area contributed by atoms with Crippen LogP contribution < -0.4 is 5.73 Å². The first kappa shape index (κ1) is 14.2. The molecule has 104 valence electrons. The summed E-state index contributed by atoms with van der Waals surface area (Å²) in [7, 11) is -2.96. The smallest absolute Gasteiger partial charge is 0.318 e. The number of hydrogen-bond acceptors (Lipinski definition) is 7. The van der Waals surface area contributed by atoms with E-state index >= 15 is 0 Å². The Morgan fingerprint density at radius 1 is 1.53 bits per heavy atom. The van der Waals surface area contributed by atoms with E-state index in [1.807, 2.05) is 0 Å². The zero-order valence-electron chi connectivity index (χ0n) is 9.61. The number of imidazole rings is 1. The van der Waals surface area contributed by atoms with Gasteiger partial charge in [-0.15, -0.1) is 0 Å². The summed E-state index contributed by atoms with van der Waals surface area (Å²) in [6.07, 6.45) is 1.53. The summed E-state index contributed by atoms with van der Waals surface area (Å²) in [5.74, 6) is 0.0578. The molecule has 0 radical (unpaired) electrons. The van der Waals surface area contributed by atoms with Gasteiger partial charge in [-0.05, 0) is 0 Å². The molecule has 0 aliphatic rings. The molecule has 2 aromatic heterocycles. The van der Waals surface area contributed by atoms with E-state index in [4.69, 9.17) is 27.0 Å². The molecular weight excluding hydrogens is 297 g/mol. The van der Waals surface area contributed by atoms with Crippen molar-refractivity contribution in [3.05, 3.63) is 11.5 Å². The van der Waals surface area contributed by atoms with Crippen LogP contribution in [-0.4, -0.2) is 37.8 Å². The largest absolute Gasteiger partial charge is 0.368 e. The number of nitrogen functional groups attached to an aromatic ring is 1. The highest BCUT2D eigenvalue weighted by Crippen LogP contribution is 2.19. The molecule has 1 unspecified atom stereocenters. The first-order chi connectivity index (χ1) is 9.08. The highest BCUT2D eigenvalue weighted by atomic mass is 35.5. The number of anilines is 1. The zero-order chi connectivity index (χ0) is 13.8. The SMILES string of the molecule is Nc1nc(Cl)c2ncn(CCOCO[PH](=O)O)c2n1. The maximum Gasteiger partial charge on any atom is 0.318 e. The van der Waals surface area contributed by atoms with Crippen molar-refractivity contribution in [3.8, 4) is 0 Å². The molecule has 9 nitrogen and oxygen atoms in total. The second kappa shape index (κ2) is 6.27. The summed E-state index contributed by atoms with van der Waals surface area (Å²) >= 11 is 5.88. The Hall–Kier alpha value is -1.25. The van der Waals surface area contributed by atoms with E-state index < -0.39 is 8.25 Å². The molecule has 0 saturated carbocycles. The lowest BCUT2D eigenvalue weighted by atomic mass is 10.5. The fraction of sp³-hybridized carbons (Fsp3) is 0.375. The molecule has 2 aromatic rings. The third-order valence-corrected chi connectivity index (χ3v) is 2.81. The van der Waals surface area contributed by atoms with Crippen LogP contribution in [0.2, 0.25) is 5.15 Å². The first-order valence-electron chi connectivity index (χ1n) is 5.15. The summed E-state index contributed by atoms with van der Waals surface area (Å²) in [4.78, 5) is 20.3. The minimum atomic E-state index is -2.96. The van der Waals surface area contributed by atoms with E-state index in [2.05, 4.69) is 19.5 Å². The fourth-order valence-corrected chi connectivity index (χ4v) is 1.81. The van der Waals surface area contributed by atoms with Crippen molar-refractivity contribution in [3.63, 3.8) is 0 Å². The normalized spacial score (nSPS) is 12.9. The topological polar surface area (TPSA) is 125 Å². The number of nitrogens with two attached hydrogens (primary N) is 1. The van der Waals surface area contributed by atoms with Gasteiger partial charge in [0.05, 0.1) is 12.9 Å². The maximum absolute atomic E-state index is 10.3. The molecule has 2 rings (SSSR count). The van der Waals surface area contributed by atoms with E-state index in [1.54, 1.807) is 4.57 Å². The molecule has 0 aliphatic carbocycles. The number of nitrogens with zero attached hydrogens (tertiary/aromatic N) is 4. The number of fused-ring (bicyclic) bond motifs is 1. The third-order valence-electron chi connectivity index (χ3n) is 2.18. The molecule has 0 aliphatic heterocycles. The van der Waals surface area contributed by atoms with Crippen LogP contribution in [0.5, 0.6) is 0 Å². The van der Waals surface area contributed by atoms with Gasteiger partial charge in [0.1, 0.15) is 5.52 Å². The highest BCUT2D eigenvalue weighted by molar-refractivity contribution is 7.32. The van der Waals surface area contributed by atoms with Gasteiger partial charge in [0.2, 0.25) is 5.95 Å². The Morgan fingerprint density at radius 2 is 2.32 bits per heavy atom. The lowest BCUT2D eigenvalue weighted by Crippen LogP contribution is -2.07. The predicted molar refractivity (Wildman–Crippen MR) is 67.9 cm³/mol. The molecule has 1 atom stereocenters. The van der Waals surface area contributed by atoms with Crippen LogP contribution in [0.4, 0.5) is 5.95 Å². The molecule has 0 bridgehead atoms. The predicted octanol–water partition coefficient (Wildman–Crippen LogP) is 0.435. The highest BCUT2D eigenvalue weighted by Gasteiger charge is 2.10. The number of hydrogen-bond donors (Lipinski definition) is 2. The number of aromatic nitrogens is 4. The summed E-state index contributed by atoms with van der Waals surface area (Å²) in [5.41, 5.74) is 6.45. The van der Waals surface area contributed by atoms with Crippen LogP contribution in [0.25, 0.3) is 11.2 Å². The zero-order valence-corrected chi connectivity index (χ0v) is 11.4. The third kappa shape index (κ3) is 3.62. The quantitative estimate of drug-likeness (QED) is 0.341. The molecule has 0 aromatic carbocycles. The minimum Gasteiger partial charge on any atom is -0.368 e. The monoisotopic (exact) mass is 307 g/mol. The van der Waals surface area contributed by atoms with Gasteiger partial charge in [-0.1, -0.05) is 11.6 Å². The van der Waals surface area contributed by atoms with Gasteiger partial charge in [0.25, 0.3) is 0 Å². The van der Waals surface area contributed by atoms with Crippen LogP contribution in [0.1, 0.15) is 0 Å². The van der Waals surface area contributed by atoms with E-state index in [0.29, 0.717) is 17.7 Å². The van der Waals surface area contributed by atoms with Gasteiger partial charge in [0.15, 0.2) is 17.6 Å².